The fraction of sp³-hybridized carbons (Fsp3) is 0.440. The molecule has 0 N–H and O–H groups in total. The van der Waals surface area contributed by atoms with Crippen molar-refractivity contribution < 1.29 is 70.0 Å². The summed E-state index contributed by atoms with van der Waals surface area (Å²) in [7, 11) is 2.01. The zero-order chi connectivity index (χ0) is 20.9. The third-order valence-electron chi connectivity index (χ3n) is 5.59. The van der Waals surface area contributed by atoms with Crippen molar-refractivity contribution in [2.45, 2.75) is 69.2 Å². The second kappa shape index (κ2) is 14.1. The van der Waals surface area contributed by atoms with Crippen LogP contribution in [0.1, 0.15) is 58.4 Å². The first-order valence-electron chi connectivity index (χ1n) is 9.34. The summed E-state index contributed by atoms with van der Waals surface area (Å²) in [5, 5.41) is 0. The maximum atomic E-state index is 4.16. The zero-order valence-electron chi connectivity index (χ0n) is 20.0. The van der Waals surface area contributed by atoms with Gasteiger partial charge in [0.25, 0.3) is 0 Å². The van der Waals surface area contributed by atoms with E-state index in [9.17, 15) is 0 Å². The molecule has 0 fully saturated rings. The van der Waals surface area contributed by atoms with E-state index >= 15 is 0 Å². The Morgan fingerprint density at radius 2 is 1.10 bits per heavy atom. The van der Waals surface area contributed by atoms with Crippen molar-refractivity contribution in [2.75, 3.05) is 7.05 Å². The maximum Gasteiger partial charge on any atom is 0.103 e. The van der Waals surface area contributed by atoms with Crippen molar-refractivity contribution in [2.24, 2.45) is 4.99 Å². The number of benzene rings is 2. The van der Waals surface area contributed by atoms with Crippen molar-refractivity contribution >= 4 is 23.8 Å². The van der Waals surface area contributed by atoms with Crippen molar-refractivity contribution in [3.63, 3.8) is 0 Å². The molecule has 0 saturated carbocycles. The van der Waals surface area contributed by atoms with Crippen LogP contribution < -0.4 is 0 Å². The van der Waals surface area contributed by atoms with E-state index in [-0.39, 0.29) is 65.4 Å². The van der Waals surface area contributed by atoms with Crippen LogP contribution in [0.5, 0.6) is 0 Å². The van der Waals surface area contributed by atoms with E-state index in [0.717, 1.165) is 11.4 Å². The van der Waals surface area contributed by atoms with Gasteiger partial charge < -0.3 is 9.57 Å². The first-order chi connectivity index (χ1) is 12.6. The molecule has 152 valence electrons. The molecule has 0 aliphatic heterocycles. The van der Waals surface area contributed by atoms with Crippen LogP contribution in [0.3, 0.4) is 0 Å². The molecule has 0 atom stereocenters. The summed E-state index contributed by atoms with van der Waals surface area (Å²) in [6.07, 6.45) is 5.89. The van der Waals surface area contributed by atoms with Gasteiger partial charge in [-0.2, -0.15) is 45.2 Å². The molecule has 2 aromatic rings. The molecule has 29 heavy (non-hydrogen) atoms. The molecule has 0 bridgehead atoms. The standard InChI is InChI=1S/C13H18N.C12H15N.2Y/c1-7-14(6)13-8-9(2)10(3)11(4)12(13)5;1-6-13-12-7-8(2)9(3)10(4)11(12)5;;/h1-6H3;1-5H3;;/q-1;-2;;. The van der Waals surface area contributed by atoms with Crippen LogP contribution in [0.2, 0.25) is 0 Å². The Kier molecular flexibility index (Phi) is 15.2. The fourth-order valence-electron chi connectivity index (χ4n) is 2.88. The van der Waals surface area contributed by atoms with Crippen LogP contribution in [-0.4, -0.2) is 24.1 Å². The third kappa shape index (κ3) is 7.88. The van der Waals surface area contributed by atoms with E-state index in [1.165, 1.54) is 44.5 Å². The van der Waals surface area contributed by atoms with Crippen molar-refractivity contribution in [1.82, 2.24) is 0 Å². The van der Waals surface area contributed by atoms with Gasteiger partial charge in [0.1, 0.15) is 7.05 Å². The monoisotopic (exact) mass is 539 g/mol. The smallest absolute Gasteiger partial charge is 0.103 e. The van der Waals surface area contributed by atoms with Gasteiger partial charge in [0.2, 0.25) is 0 Å². The van der Waals surface area contributed by atoms with Gasteiger partial charge >= 0.3 is 0 Å². The Hall–Kier alpha value is -0.0122. The van der Waals surface area contributed by atoms with Crippen LogP contribution in [0.4, 0.5) is 11.4 Å². The topological polar surface area (TPSA) is 15.4 Å². The van der Waals surface area contributed by atoms with Gasteiger partial charge in [0, 0.05) is 71.6 Å². The molecule has 0 saturated heterocycles. The van der Waals surface area contributed by atoms with Crippen molar-refractivity contribution in [3.8, 4) is 0 Å². The van der Waals surface area contributed by atoms with Crippen LogP contribution in [0.15, 0.2) is 4.99 Å². The molecule has 0 amide bonds. The average Bonchev–Trinajstić information content (AvgIpc) is 2.65. The number of hydrogen-bond acceptors (Lipinski definition) is 1. The summed E-state index contributed by atoms with van der Waals surface area (Å²) in [6.45, 7) is 20.7. The molecular formula is C25H33N2Y2-3. The third-order valence-corrected chi connectivity index (χ3v) is 5.59. The molecule has 0 unspecified atom stereocenters. The van der Waals surface area contributed by atoms with Gasteiger partial charge in [-0.25, -0.2) is 17.3 Å². The van der Waals surface area contributed by atoms with E-state index in [2.05, 4.69) is 84.9 Å². The summed E-state index contributed by atoms with van der Waals surface area (Å²) in [4.78, 5) is 4.16. The maximum absolute atomic E-state index is 4.16. The SMILES string of the molecule is C[C-]=Nc1[c-]c(C)c(C)c(C)c1C.C[C-]=[N+](C)c1[c-]c(C)c(C)c(C)c1C.[Y].[Y]. The molecule has 4 heteroatoms. The Labute approximate surface area is 229 Å². The van der Waals surface area contributed by atoms with Crippen LogP contribution in [0.25, 0.3) is 0 Å². The number of aliphatic imine (C=N–C) groups is 1. The van der Waals surface area contributed by atoms with Crippen molar-refractivity contribution in [1.29, 1.82) is 0 Å². The summed E-state index contributed by atoms with van der Waals surface area (Å²) in [6, 6.07) is 6.66. The fourth-order valence-corrected chi connectivity index (χ4v) is 2.88. The number of rotatable bonds is 2. The van der Waals surface area contributed by atoms with Gasteiger partial charge in [-0.15, -0.1) is 13.8 Å². The minimum absolute atomic E-state index is 0. The summed E-state index contributed by atoms with van der Waals surface area (Å²) < 4.78 is 1.99. The molecule has 0 aromatic heterocycles. The molecule has 0 heterocycles. The van der Waals surface area contributed by atoms with E-state index in [1.54, 1.807) is 6.92 Å². The second-order valence-electron chi connectivity index (χ2n) is 7.07. The number of aryl methyl sites for hydroxylation is 2. The summed E-state index contributed by atoms with van der Waals surface area (Å²) in [5.41, 5.74) is 12.3. The predicted molar refractivity (Wildman–Crippen MR) is 118 cm³/mol. The quantitative estimate of drug-likeness (QED) is 0.243. The molecule has 0 aliphatic rings. The molecule has 2 rings (SSSR count). The van der Waals surface area contributed by atoms with Gasteiger partial charge in [-0.05, 0) is 0 Å². The van der Waals surface area contributed by atoms with Gasteiger partial charge in [-0.3, -0.25) is 6.07 Å². The Morgan fingerprint density at radius 3 is 1.55 bits per heavy atom. The second-order valence-corrected chi connectivity index (χ2v) is 7.07. The molecule has 0 aliphatic carbocycles. The average molecular weight is 539 g/mol. The zero-order valence-corrected chi connectivity index (χ0v) is 25.7. The summed E-state index contributed by atoms with van der Waals surface area (Å²) in [5.74, 6) is 0. The Morgan fingerprint density at radius 1 is 0.655 bits per heavy atom. The van der Waals surface area contributed by atoms with Gasteiger partial charge in [-0.1, -0.05) is 61.1 Å². The van der Waals surface area contributed by atoms with E-state index in [1.807, 2.05) is 18.5 Å². The van der Waals surface area contributed by atoms with Crippen LogP contribution >= 0.6 is 0 Å². The van der Waals surface area contributed by atoms with Gasteiger partial charge in [0.05, 0.1) is 0 Å². The molecule has 2 nitrogen and oxygen atoms in total. The normalized spacial score (nSPS) is 10.8. The largest absolute Gasteiger partial charge is 0.482 e. The Balaban J connectivity index is 0. The minimum atomic E-state index is 0. The van der Waals surface area contributed by atoms with Crippen molar-refractivity contribution in [3.05, 3.63) is 56.6 Å². The van der Waals surface area contributed by atoms with E-state index < -0.39 is 0 Å². The first-order valence-corrected chi connectivity index (χ1v) is 9.34. The molecule has 0 spiro atoms. The predicted octanol–water partition coefficient (Wildman–Crippen LogP) is 6.28. The minimum Gasteiger partial charge on any atom is -0.482 e. The van der Waals surface area contributed by atoms with Crippen LogP contribution in [-0.2, 0) is 65.4 Å². The molecule has 2 aromatic carbocycles. The number of nitrogens with zero attached hydrogens (tertiary/aromatic N) is 2. The first kappa shape index (κ1) is 31.2. The number of hydrogen-bond donors (Lipinski definition) is 0. The Bertz CT molecular complexity index is 895. The van der Waals surface area contributed by atoms with Gasteiger partial charge in [0.15, 0.2) is 0 Å². The van der Waals surface area contributed by atoms with E-state index in [4.69, 9.17) is 0 Å². The summed E-state index contributed by atoms with van der Waals surface area (Å²) >= 11 is 0. The van der Waals surface area contributed by atoms with Crippen LogP contribution in [0, 0.1) is 67.5 Å². The molecular weight excluding hydrogens is 506 g/mol. The molecule has 2 radical (unpaired) electrons. The van der Waals surface area contributed by atoms with E-state index in [0.29, 0.717) is 0 Å².